The summed E-state index contributed by atoms with van der Waals surface area (Å²) in [6.07, 6.45) is 1.36. The Kier molecular flexibility index (Phi) is 6.97. The molecule has 0 aliphatic rings. The molecule has 2 heteroatoms. The highest BCUT2D eigenvalue weighted by atomic mass is 28.2. The molecule has 0 aromatic heterocycles. The first-order valence-corrected chi connectivity index (χ1v) is 6.60. The Labute approximate surface area is 74.1 Å². The van der Waals surface area contributed by atoms with Crippen LogP contribution in [0.1, 0.15) is 34.1 Å². The second-order valence-corrected chi connectivity index (χ2v) is 5.25. The van der Waals surface area contributed by atoms with Gasteiger partial charge in [-0.1, -0.05) is 34.1 Å². The van der Waals surface area contributed by atoms with Gasteiger partial charge in [-0.05, 0) is 25.1 Å². The summed E-state index contributed by atoms with van der Waals surface area (Å²) in [7, 11) is 0.100. The van der Waals surface area contributed by atoms with Crippen molar-refractivity contribution in [3.63, 3.8) is 0 Å². The second-order valence-electron chi connectivity index (χ2n) is 3.33. The summed E-state index contributed by atoms with van der Waals surface area (Å²) in [6.45, 7) is 11.7. The van der Waals surface area contributed by atoms with Gasteiger partial charge in [-0.3, -0.25) is 0 Å². The normalized spacial score (nSPS) is 15.0. The van der Waals surface area contributed by atoms with Crippen molar-refractivity contribution < 1.29 is 0 Å². The largest absolute Gasteiger partial charge is 0.330 e. The van der Waals surface area contributed by atoms with Gasteiger partial charge in [0.05, 0.1) is 9.68 Å². The summed E-state index contributed by atoms with van der Waals surface area (Å²) < 4.78 is 2.63. The molecule has 1 nitrogen and oxygen atoms in total. The highest BCUT2D eigenvalue weighted by Gasteiger charge is 2.03. The molecule has 0 aliphatic carbocycles. The maximum Gasteiger partial charge on any atom is 0.0952 e. The van der Waals surface area contributed by atoms with Crippen LogP contribution in [0.2, 0.25) is 6.04 Å². The number of hydrogen-bond acceptors (Lipinski definition) is 1. The smallest absolute Gasteiger partial charge is 0.0952 e. The molecule has 0 aliphatic heterocycles. The molecule has 0 aromatic rings. The molecule has 0 heterocycles. The topological polar surface area (TPSA) is 3.24 Å². The van der Waals surface area contributed by atoms with E-state index in [0.29, 0.717) is 0 Å². The van der Waals surface area contributed by atoms with E-state index in [1.165, 1.54) is 25.6 Å². The maximum atomic E-state index is 2.63. The standard InChI is InChI=1S/C9H23NSi/c1-5-9(4)8-11-10(6-2)7-3/h9H,5-8,11H2,1-4H3. The van der Waals surface area contributed by atoms with Gasteiger partial charge in [-0.15, -0.1) is 0 Å². The van der Waals surface area contributed by atoms with E-state index < -0.39 is 0 Å². The molecule has 1 atom stereocenters. The fourth-order valence-corrected chi connectivity index (χ4v) is 2.99. The zero-order valence-corrected chi connectivity index (χ0v) is 9.97. The molecule has 68 valence electrons. The summed E-state index contributed by atoms with van der Waals surface area (Å²) in [5.74, 6) is 0.960. The zero-order valence-electron chi connectivity index (χ0n) is 8.56. The quantitative estimate of drug-likeness (QED) is 0.554. The third-order valence-electron chi connectivity index (χ3n) is 2.53. The maximum absolute atomic E-state index is 2.63. The Morgan fingerprint density at radius 2 is 1.73 bits per heavy atom. The molecule has 0 spiro atoms. The Morgan fingerprint density at radius 3 is 2.09 bits per heavy atom. The lowest BCUT2D eigenvalue weighted by molar-refractivity contribution is 0.480. The SMILES string of the molecule is CCC(C)C[SiH2]N(CC)CC. The van der Waals surface area contributed by atoms with E-state index in [2.05, 4.69) is 32.3 Å². The van der Waals surface area contributed by atoms with Gasteiger partial charge in [-0.2, -0.15) is 0 Å². The van der Waals surface area contributed by atoms with Gasteiger partial charge in [0.2, 0.25) is 0 Å². The molecule has 0 aromatic carbocycles. The van der Waals surface area contributed by atoms with Crippen LogP contribution in [0.3, 0.4) is 0 Å². The molecular formula is C9H23NSi. The summed E-state index contributed by atoms with van der Waals surface area (Å²) in [5.41, 5.74) is 0. The molecule has 11 heavy (non-hydrogen) atoms. The van der Waals surface area contributed by atoms with E-state index in [0.717, 1.165) is 5.92 Å². The van der Waals surface area contributed by atoms with Crippen LogP contribution in [-0.2, 0) is 0 Å². The third-order valence-corrected chi connectivity index (χ3v) is 5.30. The number of rotatable bonds is 6. The van der Waals surface area contributed by atoms with Crippen molar-refractivity contribution in [3.05, 3.63) is 0 Å². The Morgan fingerprint density at radius 1 is 1.18 bits per heavy atom. The van der Waals surface area contributed by atoms with Crippen molar-refractivity contribution in [2.24, 2.45) is 5.92 Å². The van der Waals surface area contributed by atoms with E-state index >= 15 is 0 Å². The molecule has 0 N–H and O–H groups in total. The predicted octanol–water partition coefficient (Wildman–Crippen LogP) is 1.88. The van der Waals surface area contributed by atoms with Crippen LogP contribution in [0.25, 0.3) is 0 Å². The molecular weight excluding hydrogens is 150 g/mol. The van der Waals surface area contributed by atoms with Crippen molar-refractivity contribution >= 4 is 9.68 Å². The van der Waals surface area contributed by atoms with E-state index in [4.69, 9.17) is 0 Å². The minimum absolute atomic E-state index is 0.100. The van der Waals surface area contributed by atoms with Crippen molar-refractivity contribution in [1.29, 1.82) is 0 Å². The van der Waals surface area contributed by atoms with Crippen molar-refractivity contribution in [2.75, 3.05) is 13.1 Å². The van der Waals surface area contributed by atoms with E-state index in [1.807, 2.05) is 0 Å². The highest BCUT2D eigenvalue weighted by molar-refractivity contribution is 6.31. The van der Waals surface area contributed by atoms with Crippen molar-refractivity contribution in [3.8, 4) is 0 Å². The first kappa shape index (κ1) is 11.2. The molecule has 0 saturated heterocycles. The monoisotopic (exact) mass is 173 g/mol. The average molecular weight is 173 g/mol. The number of hydrogen-bond donors (Lipinski definition) is 0. The Hall–Kier alpha value is 0.177. The van der Waals surface area contributed by atoms with Crippen molar-refractivity contribution in [2.45, 2.75) is 40.2 Å². The summed E-state index contributed by atoms with van der Waals surface area (Å²) in [4.78, 5) is 0. The minimum atomic E-state index is 0.100. The second kappa shape index (κ2) is 6.86. The van der Waals surface area contributed by atoms with Gasteiger partial charge in [0.1, 0.15) is 0 Å². The fraction of sp³-hybridized carbons (Fsp3) is 1.00. The van der Waals surface area contributed by atoms with E-state index in [1.54, 1.807) is 0 Å². The Bertz CT molecular complexity index is 81.6. The molecule has 0 saturated carbocycles. The van der Waals surface area contributed by atoms with Gasteiger partial charge in [0.15, 0.2) is 0 Å². The van der Waals surface area contributed by atoms with E-state index in [-0.39, 0.29) is 9.68 Å². The van der Waals surface area contributed by atoms with Crippen LogP contribution in [0.4, 0.5) is 0 Å². The summed E-state index contributed by atoms with van der Waals surface area (Å²) in [5, 5.41) is 0. The first-order chi connectivity index (χ1) is 5.24. The molecule has 0 bridgehead atoms. The van der Waals surface area contributed by atoms with Crippen LogP contribution in [-0.4, -0.2) is 27.3 Å². The summed E-state index contributed by atoms with van der Waals surface area (Å²) >= 11 is 0. The lowest BCUT2D eigenvalue weighted by atomic mass is 10.2. The molecule has 1 unspecified atom stereocenters. The molecule has 0 amide bonds. The highest BCUT2D eigenvalue weighted by Crippen LogP contribution is 2.06. The van der Waals surface area contributed by atoms with Crippen LogP contribution >= 0.6 is 0 Å². The number of nitrogens with zero attached hydrogens (tertiary/aromatic N) is 1. The average Bonchev–Trinajstić information content (AvgIpc) is 2.06. The van der Waals surface area contributed by atoms with E-state index in [9.17, 15) is 0 Å². The third kappa shape index (κ3) is 5.45. The van der Waals surface area contributed by atoms with Gasteiger partial charge in [0, 0.05) is 0 Å². The van der Waals surface area contributed by atoms with Gasteiger partial charge in [0.25, 0.3) is 0 Å². The van der Waals surface area contributed by atoms with Crippen molar-refractivity contribution in [1.82, 2.24) is 4.57 Å². The summed E-state index contributed by atoms with van der Waals surface area (Å²) in [6, 6.07) is 1.50. The van der Waals surface area contributed by atoms with Crippen LogP contribution in [0, 0.1) is 5.92 Å². The predicted molar refractivity (Wildman–Crippen MR) is 55.7 cm³/mol. The Balaban J connectivity index is 3.34. The molecule has 0 radical (unpaired) electrons. The van der Waals surface area contributed by atoms with Gasteiger partial charge < -0.3 is 4.57 Å². The fourth-order valence-electron chi connectivity index (χ4n) is 1.15. The molecule has 0 fully saturated rings. The van der Waals surface area contributed by atoms with Crippen LogP contribution in [0.15, 0.2) is 0 Å². The lowest BCUT2D eigenvalue weighted by Crippen LogP contribution is -2.28. The minimum Gasteiger partial charge on any atom is -0.330 e. The first-order valence-electron chi connectivity index (χ1n) is 4.96. The zero-order chi connectivity index (χ0) is 8.69. The van der Waals surface area contributed by atoms with Gasteiger partial charge in [-0.25, -0.2) is 0 Å². The van der Waals surface area contributed by atoms with Crippen LogP contribution < -0.4 is 0 Å². The lowest BCUT2D eigenvalue weighted by Gasteiger charge is -2.19. The van der Waals surface area contributed by atoms with Crippen LogP contribution in [0.5, 0.6) is 0 Å². The molecule has 0 rings (SSSR count). The van der Waals surface area contributed by atoms with Gasteiger partial charge >= 0.3 is 0 Å².